The van der Waals surface area contributed by atoms with Gasteiger partial charge >= 0.3 is 11.7 Å². The van der Waals surface area contributed by atoms with Crippen molar-refractivity contribution in [3.63, 3.8) is 0 Å². The monoisotopic (exact) mass is 196 g/mol. The summed E-state index contributed by atoms with van der Waals surface area (Å²) in [6.45, 7) is 0. The number of hydrogen-bond acceptors (Lipinski definition) is 4. The minimum Gasteiger partial charge on any atom is -0.478 e. The van der Waals surface area contributed by atoms with Crippen molar-refractivity contribution >= 4 is 12.2 Å². The summed E-state index contributed by atoms with van der Waals surface area (Å²) in [5, 5.41) is 15.5. The number of aromatic nitrogens is 4. The fraction of sp³-hybridized carbons (Fsp3) is 0.429. The van der Waals surface area contributed by atoms with Crippen LogP contribution in [0.2, 0.25) is 0 Å². The Morgan fingerprint density at radius 3 is 2.79 bits per heavy atom. The van der Waals surface area contributed by atoms with Crippen LogP contribution >= 0.6 is 0 Å². The van der Waals surface area contributed by atoms with Gasteiger partial charge in [0, 0.05) is 12.3 Å². The first-order chi connectivity index (χ1) is 6.68. The third-order valence-electron chi connectivity index (χ3n) is 1.88. The van der Waals surface area contributed by atoms with E-state index in [4.69, 9.17) is 5.11 Å². The van der Waals surface area contributed by atoms with Crippen LogP contribution in [0.25, 0.3) is 6.20 Å². The first-order valence-electron chi connectivity index (χ1n) is 4.13. The van der Waals surface area contributed by atoms with E-state index in [1.54, 1.807) is 0 Å². The lowest BCUT2D eigenvalue weighted by Gasteiger charge is -1.88. The second-order valence-electron chi connectivity index (χ2n) is 3.04. The Morgan fingerprint density at radius 2 is 2.21 bits per heavy atom. The molecule has 14 heavy (non-hydrogen) atoms. The van der Waals surface area contributed by atoms with Crippen molar-refractivity contribution in [2.75, 3.05) is 0 Å². The summed E-state index contributed by atoms with van der Waals surface area (Å²) in [6, 6.07) is 0.148. The molecule has 1 aliphatic carbocycles. The van der Waals surface area contributed by atoms with E-state index in [1.807, 2.05) is 0 Å². The van der Waals surface area contributed by atoms with E-state index >= 15 is 0 Å². The molecule has 2 rings (SSSR count). The van der Waals surface area contributed by atoms with Crippen LogP contribution in [0.3, 0.4) is 0 Å². The smallest absolute Gasteiger partial charge is 0.368 e. The Morgan fingerprint density at radius 1 is 1.50 bits per heavy atom. The third kappa shape index (κ3) is 1.56. The average molecular weight is 196 g/mol. The lowest BCUT2D eigenvalue weighted by Crippen LogP contribution is -2.21. The summed E-state index contributed by atoms with van der Waals surface area (Å²) >= 11 is 0. The molecule has 0 bridgehead atoms. The number of carboxylic acids is 1. The average Bonchev–Trinajstić information content (AvgIpc) is 2.89. The Balaban J connectivity index is 2.27. The maximum Gasteiger partial charge on any atom is 0.368 e. The van der Waals surface area contributed by atoms with Gasteiger partial charge in [-0.25, -0.2) is 9.59 Å². The molecule has 0 aromatic carbocycles. The van der Waals surface area contributed by atoms with Crippen molar-refractivity contribution in [3.05, 3.63) is 16.6 Å². The van der Waals surface area contributed by atoms with E-state index in [0.717, 1.165) is 29.8 Å². The molecule has 1 saturated carbocycles. The van der Waals surface area contributed by atoms with Gasteiger partial charge < -0.3 is 5.11 Å². The van der Waals surface area contributed by atoms with Crippen LogP contribution in [0.1, 0.15) is 18.9 Å². The zero-order valence-electron chi connectivity index (χ0n) is 7.20. The van der Waals surface area contributed by atoms with Gasteiger partial charge in [-0.3, -0.25) is 0 Å². The number of tetrazole rings is 1. The molecular formula is C7H8N4O3. The molecule has 1 fully saturated rings. The highest BCUT2D eigenvalue weighted by Crippen LogP contribution is 2.32. The summed E-state index contributed by atoms with van der Waals surface area (Å²) in [7, 11) is 0. The topological polar surface area (TPSA) is 90.0 Å². The van der Waals surface area contributed by atoms with Gasteiger partial charge in [0.1, 0.15) is 0 Å². The van der Waals surface area contributed by atoms with Gasteiger partial charge in [-0.15, -0.1) is 0 Å². The summed E-state index contributed by atoms with van der Waals surface area (Å²) in [6.07, 6.45) is 3.78. The van der Waals surface area contributed by atoms with E-state index in [2.05, 4.69) is 10.4 Å². The number of carbonyl (C=O) groups is 1. The fourth-order valence-electron chi connectivity index (χ4n) is 1.04. The molecule has 1 N–H and O–H groups in total. The number of nitrogens with zero attached hydrogens (tertiary/aromatic N) is 4. The number of carboxylic acid groups (broad SMARTS) is 1. The Labute approximate surface area is 78.2 Å². The second kappa shape index (κ2) is 3.09. The highest BCUT2D eigenvalue weighted by molar-refractivity contribution is 5.82. The molecule has 0 aliphatic heterocycles. The van der Waals surface area contributed by atoms with Gasteiger partial charge in [0.2, 0.25) is 0 Å². The summed E-state index contributed by atoms with van der Waals surface area (Å²) in [4.78, 5) is 21.6. The van der Waals surface area contributed by atoms with Gasteiger partial charge in [-0.05, 0) is 23.3 Å². The highest BCUT2D eigenvalue weighted by atomic mass is 16.4. The predicted molar refractivity (Wildman–Crippen MR) is 45.5 cm³/mol. The molecule has 7 heteroatoms. The maximum atomic E-state index is 11.4. The van der Waals surface area contributed by atoms with Crippen LogP contribution in [-0.2, 0) is 4.79 Å². The Bertz CT molecular complexity index is 440. The lowest BCUT2D eigenvalue weighted by molar-refractivity contribution is -0.131. The standard InChI is InChI=1S/C7H8N4O3/c12-6(13)3-4-10-7(14)11(9-8-10)5-1-2-5/h3-5H,1-2H2,(H,12,13)/b4-3+. The van der Waals surface area contributed by atoms with E-state index in [-0.39, 0.29) is 6.04 Å². The van der Waals surface area contributed by atoms with Gasteiger partial charge in [-0.2, -0.15) is 9.36 Å². The van der Waals surface area contributed by atoms with Crippen molar-refractivity contribution in [1.82, 2.24) is 19.8 Å². The van der Waals surface area contributed by atoms with E-state index in [9.17, 15) is 9.59 Å². The molecule has 1 heterocycles. The molecule has 0 atom stereocenters. The largest absolute Gasteiger partial charge is 0.478 e. The second-order valence-corrected chi connectivity index (χ2v) is 3.04. The summed E-state index contributed by atoms with van der Waals surface area (Å²) in [5.74, 6) is -1.13. The van der Waals surface area contributed by atoms with Crippen molar-refractivity contribution in [2.24, 2.45) is 0 Å². The molecule has 0 spiro atoms. The molecular weight excluding hydrogens is 188 g/mol. The maximum absolute atomic E-state index is 11.4. The van der Waals surface area contributed by atoms with Crippen LogP contribution in [0, 0.1) is 0 Å². The van der Waals surface area contributed by atoms with Crippen LogP contribution in [0.5, 0.6) is 0 Å². The minimum absolute atomic E-state index is 0.148. The number of rotatable bonds is 3. The SMILES string of the molecule is O=C(O)/C=C/n1nnn(C2CC2)c1=O. The molecule has 74 valence electrons. The first-order valence-corrected chi connectivity index (χ1v) is 4.13. The van der Waals surface area contributed by atoms with Crippen LogP contribution < -0.4 is 5.69 Å². The van der Waals surface area contributed by atoms with Gasteiger partial charge in [0.25, 0.3) is 0 Å². The zero-order chi connectivity index (χ0) is 10.1. The molecule has 0 amide bonds. The minimum atomic E-state index is -1.13. The van der Waals surface area contributed by atoms with Crippen molar-refractivity contribution in [2.45, 2.75) is 18.9 Å². The molecule has 1 aliphatic rings. The van der Waals surface area contributed by atoms with Crippen LogP contribution in [-0.4, -0.2) is 30.9 Å². The summed E-state index contributed by atoms with van der Waals surface area (Å²) < 4.78 is 2.18. The van der Waals surface area contributed by atoms with E-state index < -0.39 is 11.7 Å². The van der Waals surface area contributed by atoms with Gasteiger partial charge in [0.15, 0.2) is 0 Å². The Hall–Kier alpha value is -1.92. The zero-order valence-corrected chi connectivity index (χ0v) is 7.20. The molecule has 1 aromatic heterocycles. The third-order valence-corrected chi connectivity index (χ3v) is 1.88. The first kappa shape index (κ1) is 8.67. The van der Waals surface area contributed by atoms with Crippen molar-refractivity contribution in [3.8, 4) is 0 Å². The lowest BCUT2D eigenvalue weighted by atomic mass is 10.6. The quantitative estimate of drug-likeness (QED) is 0.647. The molecule has 0 saturated heterocycles. The van der Waals surface area contributed by atoms with Crippen molar-refractivity contribution in [1.29, 1.82) is 0 Å². The molecule has 1 aromatic rings. The highest BCUT2D eigenvalue weighted by Gasteiger charge is 2.27. The van der Waals surface area contributed by atoms with Gasteiger partial charge in [-0.1, -0.05) is 0 Å². The van der Waals surface area contributed by atoms with Crippen molar-refractivity contribution < 1.29 is 9.90 Å². The fourth-order valence-corrected chi connectivity index (χ4v) is 1.04. The van der Waals surface area contributed by atoms with Crippen LogP contribution in [0.15, 0.2) is 10.9 Å². The van der Waals surface area contributed by atoms with Gasteiger partial charge in [0.05, 0.1) is 6.04 Å². The molecule has 7 nitrogen and oxygen atoms in total. The van der Waals surface area contributed by atoms with E-state index in [1.165, 1.54) is 4.68 Å². The Kier molecular flexibility index (Phi) is 1.91. The molecule has 0 radical (unpaired) electrons. The predicted octanol–water partition coefficient (Wildman–Crippen LogP) is -0.670. The van der Waals surface area contributed by atoms with Crippen LogP contribution in [0.4, 0.5) is 0 Å². The number of hydrogen-bond donors (Lipinski definition) is 1. The summed E-state index contributed by atoms with van der Waals surface area (Å²) in [5.41, 5.74) is -0.398. The number of aliphatic carboxylic acids is 1. The normalized spacial score (nSPS) is 16.3. The van der Waals surface area contributed by atoms with E-state index in [0.29, 0.717) is 0 Å². The molecule has 0 unspecified atom stereocenters.